The Morgan fingerprint density at radius 1 is 1.12 bits per heavy atom. The Morgan fingerprint density at radius 3 is 2.62 bits per heavy atom. The van der Waals surface area contributed by atoms with Crippen molar-refractivity contribution in [2.75, 3.05) is 0 Å². The maximum atomic E-state index is 5.83. The number of nitrogens with zero attached hydrogens (tertiary/aromatic N) is 2. The number of rotatable bonds is 3. The first-order valence-electron chi connectivity index (χ1n) is 4.60. The van der Waals surface area contributed by atoms with Crippen LogP contribution in [0.3, 0.4) is 0 Å². The van der Waals surface area contributed by atoms with Gasteiger partial charge >= 0.3 is 0 Å². The smallest absolute Gasteiger partial charge is 0.238 e. The number of benzene rings is 1. The third-order valence-corrected chi connectivity index (χ3v) is 2.36. The zero-order chi connectivity index (χ0) is 11.4. The van der Waals surface area contributed by atoms with Crippen molar-refractivity contribution in [3.8, 4) is 11.6 Å². The minimum absolute atomic E-state index is 0.338. The minimum atomic E-state index is 0.338. The van der Waals surface area contributed by atoms with Crippen molar-refractivity contribution in [1.29, 1.82) is 0 Å². The minimum Gasteiger partial charge on any atom is -0.437 e. The Balaban J connectivity index is 2.14. The first-order valence-corrected chi connectivity index (χ1v) is 5.51. The average Bonchev–Trinajstić information content (AvgIpc) is 2.30. The van der Waals surface area contributed by atoms with Crippen LogP contribution in [-0.2, 0) is 5.88 Å². The molecule has 3 nitrogen and oxygen atoms in total. The molecule has 5 heteroatoms. The molecule has 0 fully saturated rings. The van der Waals surface area contributed by atoms with Gasteiger partial charge in [0.1, 0.15) is 5.75 Å². The zero-order valence-corrected chi connectivity index (χ0v) is 9.74. The molecule has 0 saturated heterocycles. The highest BCUT2D eigenvalue weighted by Gasteiger charge is 2.00. The maximum Gasteiger partial charge on any atom is 0.238 e. The van der Waals surface area contributed by atoms with E-state index in [9.17, 15) is 0 Å². The number of ether oxygens (including phenoxy) is 1. The van der Waals surface area contributed by atoms with Crippen molar-refractivity contribution in [3.63, 3.8) is 0 Å². The van der Waals surface area contributed by atoms with Crippen molar-refractivity contribution >= 4 is 23.2 Å². The molecule has 2 rings (SSSR count). The van der Waals surface area contributed by atoms with E-state index in [1.807, 2.05) is 0 Å². The van der Waals surface area contributed by atoms with Crippen LogP contribution in [0.5, 0.6) is 11.6 Å². The highest BCUT2D eigenvalue weighted by molar-refractivity contribution is 6.30. The fraction of sp³-hybridized carbons (Fsp3) is 0.0909. The maximum absolute atomic E-state index is 5.83. The van der Waals surface area contributed by atoms with Gasteiger partial charge < -0.3 is 4.74 Å². The standard InChI is InChI=1S/C11H8Cl2N2O/c12-7-9-4-5-11(15-14-9)16-10-3-1-2-8(13)6-10/h1-6H,7H2. The summed E-state index contributed by atoms with van der Waals surface area (Å²) >= 11 is 11.4. The SMILES string of the molecule is ClCc1ccc(Oc2cccc(Cl)c2)nn1. The van der Waals surface area contributed by atoms with Crippen molar-refractivity contribution < 1.29 is 4.74 Å². The van der Waals surface area contributed by atoms with E-state index in [4.69, 9.17) is 27.9 Å². The third kappa shape index (κ3) is 2.84. The second kappa shape index (κ2) is 5.14. The number of halogens is 2. The quantitative estimate of drug-likeness (QED) is 0.785. The second-order valence-electron chi connectivity index (χ2n) is 3.06. The van der Waals surface area contributed by atoms with Gasteiger partial charge in [-0.05, 0) is 24.3 Å². The van der Waals surface area contributed by atoms with Gasteiger partial charge in [0.2, 0.25) is 5.88 Å². The molecule has 0 N–H and O–H groups in total. The number of hydrogen-bond donors (Lipinski definition) is 0. The normalized spacial score (nSPS) is 10.1. The van der Waals surface area contributed by atoms with E-state index in [2.05, 4.69) is 10.2 Å². The van der Waals surface area contributed by atoms with Crippen LogP contribution >= 0.6 is 23.2 Å². The lowest BCUT2D eigenvalue weighted by molar-refractivity contribution is 0.454. The highest BCUT2D eigenvalue weighted by Crippen LogP contribution is 2.22. The van der Waals surface area contributed by atoms with Gasteiger partial charge in [0, 0.05) is 11.1 Å². The van der Waals surface area contributed by atoms with E-state index in [1.165, 1.54) is 0 Å². The van der Waals surface area contributed by atoms with Crippen LogP contribution in [0, 0.1) is 0 Å². The van der Waals surface area contributed by atoms with Gasteiger partial charge in [-0.1, -0.05) is 17.7 Å². The van der Waals surface area contributed by atoms with Gasteiger partial charge in [0.15, 0.2) is 0 Å². The van der Waals surface area contributed by atoms with Gasteiger partial charge in [-0.3, -0.25) is 0 Å². The van der Waals surface area contributed by atoms with Crippen LogP contribution in [0.4, 0.5) is 0 Å². The van der Waals surface area contributed by atoms with Gasteiger partial charge in [-0.15, -0.1) is 16.7 Å². The first-order chi connectivity index (χ1) is 7.78. The molecule has 0 amide bonds. The van der Waals surface area contributed by atoms with E-state index in [0.717, 1.165) is 0 Å². The van der Waals surface area contributed by atoms with E-state index >= 15 is 0 Å². The molecule has 0 aliphatic carbocycles. The number of alkyl halides is 1. The van der Waals surface area contributed by atoms with Gasteiger partial charge in [0.25, 0.3) is 0 Å². The average molecular weight is 255 g/mol. The molecule has 1 aromatic heterocycles. The molecule has 0 bridgehead atoms. The lowest BCUT2D eigenvalue weighted by Crippen LogP contribution is -1.93. The molecule has 2 aromatic rings. The predicted octanol–water partition coefficient (Wildman–Crippen LogP) is 3.66. The van der Waals surface area contributed by atoms with E-state index in [1.54, 1.807) is 36.4 Å². The summed E-state index contributed by atoms with van der Waals surface area (Å²) in [6.45, 7) is 0. The molecule has 0 spiro atoms. The summed E-state index contributed by atoms with van der Waals surface area (Å²) < 4.78 is 5.46. The lowest BCUT2D eigenvalue weighted by atomic mass is 10.3. The highest BCUT2D eigenvalue weighted by atomic mass is 35.5. The molecular weight excluding hydrogens is 247 g/mol. The Morgan fingerprint density at radius 2 is 2.00 bits per heavy atom. The molecule has 0 aliphatic rings. The number of aromatic nitrogens is 2. The van der Waals surface area contributed by atoms with Crippen LogP contribution < -0.4 is 4.74 Å². The zero-order valence-electron chi connectivity index (χ0n) is 8.23. The van der Waals surface area contributed by atoms with Gasteiger partial charge in [-0.2, -0.15) is 5.10 Å². The summed E-state index contributed by atoms with van der Waals surface area (Å²) in [6, 6.07) is 10.6. The summed E-state index contributed by atoms with van der Waals surface area (Å²) in [5.74, 6) is 1.38. The van der Waals surface area contributed by atoms with Crippen LogP contribution in [-0.4, -0.2) is 10.2 Å². The van der Waals surface area contributed by atoms with Crippen molar-refractivity contribution in [1.82, 2.24) is 10.2 Å². The summed E-state index contributed by atoms with van der Waals surface area (Å²) in [6.07, 6.45) is 0. The summed E-state index contributed by atoms with van der Waals surface area (Å²) in [7, 11) is 0. The molecule has 0 radical (unpaired) electrons. The largest absolute Gasteiger partial charge is 0.437 e. The lowest BCUT2D eigenvalue weighted by Gasteiger charge is -2.04. The fourth-order valence-electron chi connectivity index (χ4n) is 1.12. The Hall–Kier alpha value is -1.32. The molecule has 1 aromatic carbocycles. The summed E-state index contributed by atoms with van der Waals surface area (Å²) in [5, 5.41) is 8.36. The Labute approximate surface area is 103 Å². The Kier molecular flexibility index (Phi) is 3.59. The van der Waals surface area contributed by atoms with Gasteiger partial charge in [-0.25, -0.2) is 0 Å². The molecule has 1 heterocycles. The van der Waals surface area contributed by atoms with E-state index in [0.29, 0.717) is 28.2 Å². The first kappa shape index (κ1) is 11.2. The third-order valence-electron chi connectivity index (χ3n) is 1.85. The van der Waals surface area contributed by atoms with Crippen LogP contribution in [0.15, 0.2) is 36.4 Å². The van der Waals surface area contributed by atoms with Gasteiger partial charge in [0.05, 0.1) is 11.6 Å². The van der Waals surface area contributed by atoms with Crippen molar-refractivity contribution in [3.05, 3.63) is 47.1 Å². The monoisotopic (exact) mass is 254 g/mol. The van der Waals surface area contributed by atoms with Crippen molar-refractivity contribution in [2.45, 2.75) is 5.88 Å². The molecule has 0 unspecified atom stereocenters. The summed E-state index contributed by atoms with van der Waals surface area (Å²) in [5.41, 5.74) is 0.708. The molecule has 82 valence electrons. The molecule has 0 aliphatic heterocycles. The summed E-state index contributed by atoms with van der Waals surface area (Å²) in [4.78, 5) is 0. The van der Waals surface area contributed by atoms with Crippen LogP contribution in [0.25, 0.3) is 0 Å². The molecule has 0 saturated carbocycles. The Bertz CT molecular complexity index is 474. The molecule has 0 atom stereocenters. The van der Waals surface area contributed by atoms with E-state index < -0.39 is 0 Å². The number of hydrogen-bond acceptors (Lipinski definition) is 3. The van der Waals surface area contributed by atoms with Crippen molar-refractivity contribution in [2.24, 2.45) is 0 Å². The van der Waals surface area contributed by atoms with Crippen LogP contribution in [0.1, 0.15) is 5.69 Å². The molecule has 16 heavy (non-hydrogen) atoms. The molecular formula is C11H8Cl2N2O. The predicted molar refractivity (Wildman–Crippen MR) is 63.1 cm³/mol. The van der Waals surface area contributed by atoms with Crippen LogP contribution in [0.2, 0.25) is 5.02 Å². The topological polar surface area (TPSA) is 35.0 Å². The second-order valence-corrected chi connectivity index (χ2v) is 3.76. The van der Waals surface area contributed by atoms with E-state index in [-0.39, 0.29) is 0 Å². The fourth-order valence-corrected chi connectivity index (χ4v) is 1.45.